The Morgan fingerprint density at radius 2 is 1.61 bits per heavy atom. The number of ether oxygens (including phenoxy) is 1. The van der Waals surface area contributed by atoms with Gasteiger partial charge in [-0.1, -0.05) is 24.3 Å². The fraction of sp³-hybridized carbons (Fsp3) is 0.387. The minimum atomic E-state index is -2.82. The molecule has 2 fully saturated rings. The van der Waals surface area contributed by atoms with Gasteiger partial charge in [0.25, 0.3) is 6.43 Å². The number of hydrogen-bond donors (Lipinski definition) is 1. The highest BCUT2D eigenvalue weighted by Crippen LogP contribution is 2.31. The lowest BCUT2D eigenvalue weighted by molar-refractivity contribution is -0.132. The number of nitrogens with zero attached hydrogens (tertiary/aromatic N) is 7. The molecule has 2 aromatic carbocycles. The number of amides is 1. The third-order valence-electron chi connectivity index (χ3n) is 8.23. The number of fused-ring (bicyclic) bond motifs is 2. The van der Waals surface area contributed by atoms with Gasteiger partial charge in [0.2, 0.25) is 11.9 Å². The van der Waals surface area contributed by atoms with Gasteiger partial charge in [-0.15, -0.1) is 0 Å². The zero-order chi connectivity index (χ0) is 30.2. The Balaban J connectivity index is 1.12. The number of halogens is 2. The fourth-order valence-corrected chi connectivity index (χ4v) is 5.93. The molecule has 228 valence electrons. The lowest BCUT2D eigenvalue weighted by Crippen LogP contribution is -2.45. The van der Waals surface area contributed by atoms with Crippen LogP contribution in [0.15, 0.2) is 59.0 Å². The number of carbonyl (C=O) groups excluding carboxylic acids is 1. The van der Waals surface area contributed by atoms with Crippen LogP contribution in [-0.2, 0) is 9.53 Å². The molecule has 0 radical (unpaired) electrons. The number of imidazole rings is 1. The molecule has 0 saturated carbocycles. The van der Waals surface area contributed by atoms with Gasteiger partial charge in [-0.3, -0.25) is 9.36 Å². The average Bonchev–Trinajstić information content (AvgIpc) is 3.67. The first-order chi connectivity index (χ1) is 21.4. The van der Waals surface area contributed by atoms with Gasteiger partial charge in [-0.2, -0.15) is 9.97 Å². The van der Waals surface area contributed by atoms with Crippen LogP contribution < -0.4 is 10.2 Å². The van der Waals surface area contributed by atoms with Crippen molar-refractivity contribution in [1.82, 2.24) is 29.4 Å². The molecule has 0 aliphatic carbocycles. The number of alkyl halides is 2. The van der Waals surface area contributed by atoms with E-state index in [1.807, 2.05) is 34.1 Å². The molecule has 7 rings (SSSR count). The maximum atomic E-state index is 14.2. The van der Waals surface area contributed by atoms with Crippen LogP contribution in [0.25, 0.3) is 28.0 Å². The number of hydrogen-bond acceptors (Lipinski definition) is 9. The van der Waals surface area contributed by atoms with Crippen molar-refractivity contribution in [3.8, 4) is 5.82 Å². The minimum absolute atomic E-state index is 0.0932. The number of benzene rings is 2. The van der Waals surface area contributed by atoms with Gasteiger partial charge in [-0.25, -0.2) is 18.7 Å². The van der Waals surface area contributed by atoms with Crippen LogP contribution in [0.3, 0.4) is 0 Å². The van der Waals surface area contributed by atoms with Crippen LogP contribution in [0, 0.1) is 0 Å². The summed E-state index contributed by atoms with van der Waals surface area (Å²) in [6.07, 6.45) is -1.34. The lowest BCUT2D eigenvalue weighted by Gasteiger charge is -2.32. The van der Waals surface area contributed by atoms with Gasteiger partial charge in [0.1, 0.15) is 23.2 Å². The molecule has 1 atom stereocenters. The van der Waals surface area contributed by atoms with Gasteiger partial charge in [0, 0.05) is 38.2 Å². The molecule has 0 bridgehead atoms. The topological polar surface area (TPSA) is 114 Å². The standard InChI is InChI=1S/C31H32F2N8O3/c1-19(30(42)40-12-10-20(11-13-40)29-36-22-7-3-5-9-24(22)44-29)34-31-37-25(39-14-16-43-17-15-39)18-26(38-31)41-23-8-4-2-6-21(23)35-28(41)27(32)33/h2-9,18-20,27H,10-17H2,1H3,(H,34,37,38)/t19-/m0/s1. The molecule has 3 aromatic heterocycles. The van der Waals surface area contributed by atoms with Crippen molar-refractivity contribution in [3.63, 3.8) is 0 Å². The van der Waals surface area contributed by atoms with Crippen LogP contribution >= 0.6 is 0 Å². The zero-order valence-corrected chi connectivity index (χ0v) is 24.2. The van der Waals surface area contributed by atoms with E-state index in [1.54, 1.807) is 37.3 Å². The zero-order valence-electron chi connectivity index (χ0n) is 24.2. The Hall–Kier alpha value is -4.65. The number of nitrogens with one attached hydrogen (secondary N) is 1. The van der Waals surface area contributed by atoms with E-state index in [4.69, 9.17) is 14.1 Å². The third-order valence-corrected chi connectivity index (χ3v) is 8.23. The van der Waals surface area contributed by atoms with E-state index in [0.29, 0.717) is 62.1 Å². The molecule has 5 aromatic rings. The molecule has 2 aliphatic rings. The normalized spacial score (nSPS) is 17.1. The minimum Gasteiger partial charge on any atom is -0.440 e. The van der Waals surface area contributed by atoms with E-state index in [9.17, 15) is 13.6 Å². The number of rotatable bonds is 7. The SMILES string of the molecule is C[C@H](Nc1nc(N2CCOCC2)cc(-n2c(C(F)F)nc3ccccc32)n1)C(=O)N1CCC(c2nc3ccccc3o2)CC1. The molecule has 1 N–H and O–H groups in total. The summed E-state index contributed by atoms with van der Waals surface area (Å²) in [5.41, 5.74) is 2.55. The Labute approximate surface area is 251 Å². The van der Waals surface area contributed by atoms with E-state index in [2.05, 4.69) is 20.3 Å². The van der Waals surface area contributed by atoms with Crippen LogP contribution in [0.5, 0.6) is 0 Å². The summed E-state index contributed by atoms with van der Waals surface area (Å²) < 4.78 is 41.2. The second-order valence-electron chi connectivity index (χ2n) is 11.1. The summed E-state index contributed by atoms with van der Waals surface area (Å²) in [5.74, 6) is 1.31. The van der Waals surface area contributed by atoms with Gasteiger partial charge in [0.05, 0.1) is 24.2 Å². The highest BCUT2D eigenvalue weighted by molar-refractivity contribution is 5.84. The molecule has 2 aliphatic heterocycles. The van der Waals surface area contributed by atoms with Crippen molar-refractivity contribution in [2.24, 2.45) is 0 Å². The highest BCUT2D eigenvalue weighted by atomic mass is 19.3. The van der Waals surface area contributed by atoms with Crippen LogP contribution in [0.1, 0.15) is 43.8 Å². The molecular formula is C31H32F2N8O3. The number of oxazole rings is 1. The van der Waals surface area contributed by atoms with Crippen LogP contribution in [0.4, 0.5) is 20.5 Å². The molecule has 44 heavy (non-hydrogen) atoms. The number of piperidine rings is 1. The number of carbonyl (C=O) groups is 1. The van der Waals surface area contributed by atoms with Crippen molar-refractivity contribution in [1.29, 1.82) is 0 Å². The summed E-state index contributed by atoms with van der Waals surface area (Å²) in [4.78, 5) is 35.5. The van der Waals surface area contributed by atoms with Gasteiger partial charge < -0.3 is 24.3 Å². The van der Waals surface area contributed by atoms with E-state index >= 15 is 0 Å². The molecule has 0 unspecified atom stereocenters. The first-order valence-corrected chi connectivity index (χ1v) is 14.8. The van der Waals surface area contributed by atoms with Gasteiger partial charge in [0.15, 0.2) is 17.3 Å². The van der Waals surface area contributed by atoms with E-state index in [-0.39, 0.29) is 23.6 Å². The van der Waals surface area contributed by atoms with Gasteiger partial charge in [-0.05, 0) is 44.0 Å². The quantitative estimate of drug-likeness (QED) is 0.277. The Morgan fingerprint density at radius 1 is 0.909 bits per heavy atom. The maximum Gasteiger partial charge on any atom is 0.296 e. The first kappa shape index (κ1) is 28.1. The van der Waals surface area contributed by atoms with Crippen molar-refractivity contribution in [3.05, 3.63) is 66.3 Å². The van der Waals surface area contributed by atoms with Crippen molar-refractivity contribution < 1.29 is 22.7 Å². The molecule has 2 saturated heterocycles. The number of morpholine rings is 1. The Kier molecular flexibility index (Phi) is 7.54. The number of para-hydroxylation sites is 4. The lowest BCUT2D eigenvalue weighted by atomic mass is 9.96. The molecular weight excluding hydrogens is 570 g/mol. The Bertz CT molecular complexity index is 1760. The summed E-state index contributed by atoms with van der Waals surface area (Å²) in [6.45, 7) is 5.11. The number of likely N-dealkylation sites (tertiary alicyclic amines) is 1. The third kappa shape index (κ3) is 5.43. The van der Waals surface area contributed by atoms with E-state index < -0.39 is 18.3 Å². The fourth-order valence-electron chi connectivity index (χ4n) is 5.93. The van der Waals surface area contributed by atoms with E-state index in [0.717, 1.165) is 23.9 Å². The molecule has 1 amide bonds. The predicted molar refractivity (Wildman–Crippen MR) is 160 cm³/mol. The second-order valence-corrected chi connectivity index (χ2v) is 11.1. The molecule has 13 heteroatoms. The largest absolute Gasteiger partial charge is 0.440 e. The summed E-state index contributed by atoms with van der Waals surface area (Å²) in [5, 5.41) is 3.15. The van der Waals surface area contributed by atoms with Crippen molar-refractivity contribution >= 4 is 39.8 Å². The number of anilines is 2. The summed E-state index contributed by atoms with van der Waals surface area (Å²) in [7, 11) is 0. The first-order valence-electron chi connectivity index (χ1n) is 14.8. The predicted octanol–water partition coefficient (Wildman–Crippen LogP) is 4.94. The monoisotopic (exact) mass is 602 g/mol. The number of aromatic nitrogens is 5. The highest BCUT2D eigenvalue weighted by Gasteiger charge is 2.30. The maximum absolute atomic E-state index is 14.2. The van der Waals surface area contributed by atoms with E-state index in [1.165, 1.54) is 4.57 Å². The van der Waals surface area contributed by atoms with Gasteiger partial charge >= 0.3 is 0 Å². The van der Waals surface area contributed by atoms with Crippen molar-refractivity contribution in [2.45, 2.75) is 38.2 Å². The molecule has 11 nitrogen and oxygen atoms in total. The molecule has 0 spiro atoms. The van der Waals surface area contributed by atoms with Crippen molar-refractivity contribution in [2.75, 3.05) is 49.6 Å². The molecule has 5 heterocycles. The van der Waals surface area contributed by atoms with Crippen LogP contribution in [-0.4, -0.2) is 80.7 Å². The summed E-state index contributed by atoms with van der Waals surface area (Å²) >= 11 is 0. The smallest absolute Gasteiger partial charge is 0.296 e. The average molecular weight is 603 g/mol. The Morgan fingerprint density at radius 3 is 2.36 bits per heavy atom. The summed E-state index contributed by atoms with van der Waals surface area (Å²) in [6, 6.07) is 15.7. The second kappa shape index (κ2) is 11.8. The van der Waals surface area contributed by atoms with Crippen LogP contribution in [0.2, 0.25) is 0 Å².